The number of hydrogen-bond donors (Lipinski definition) is 1. The minimum atomic E-state index is 0.666. The average Bonchev–Trinajstić information content (AvgIpc) is 2.66. The molecule has 0 unspecified atom stereocenters. The summed E-state index contributed by atoms with van der Waals surface area (Å²) in [7, 11) is 1.94. The predicted molar refractivity (Wildman–Crippen MR) is 57.4 cm³/mol. The smallest absolute Gasteiger partial charge is 0.222 e. The van der Waals surface area contributed by atoms with E-state index in [2.05, 4.69) is 20.4 Å². The van der Waals surface area contributed by atoms with Gasteiger partial charge < -0.3 is 5.32 Å². The molecule has 15 heavy (non-hydrogen) atoms. The van der Waals surface area contributed by atoms with E-state index in [4.69, 9.17) is 0 Å². The Balaban J connectivity index is 1.83. The van der Waals surface area contributed by atoms with E-state index >= 15 is 0 Å². The van der Waals surface area contributed by atoms with Gasteiger partial charge in [0.15, 0.2) is 0 Å². The summed E-state index contributed by atoms with van der Waals surface area (Å²) in [5.41, 5.74) is 1.19. The summed E-state index contributed by atoms with van der Waals surface area (Å²) in [5.74, 6) is 0.666. The van der Waals surface area contributed by atoms with Crippen molar-refractivity contribution in [2.24, 2.45) is 7.05 Å². The maximum atomic E-state index is 4.10. The van der Waals surface area contributed by atoms with E-state index < -0.39 is 0 Å². The molecule has 2 rings (SSSR count). The number of anilines is 1. The van der Waals surface area contributed by atoms with Gasteiger partial charge >= 0.3 is 0 Å². The Morgan fingerprint density at radius 3 is 2.73 bits per heavy atom. The molecule has 2 heterocycles. The first-order valence-corrected chi connectivity index (χ1v) is 4.84. The average molecular weight is 203 g/mol. The molecule has 0 aromatic carbocycles. The van der Waals surface area contributed by atoms with Crippen LogP contribution in [0, 0.1) is 0 Å². The molecule has 0 radical (unpaired) electrons. The van der Waals surface area contributed by atoms with Gasteiger partial charge in [-0.25, -0.2) is 9.97 Å². The van der Waals surface area contributed by atoms with Crippen molar-refractivity contribution in [2.75, 3.05) is 11.9 Å². The molecule has 78 valence electrons. The predicted octanol–water partition coefficient (Wildman–Crippen LogP) is 0.865. The zero-order valence-electron chi connectivity index (χ0n) is 8.59. The number of nitrogens with one attached hydrogen (secondary N) is 1. The van der Waals surface area contributed by atoms with Gasteiger partial charge in [0.2, 0.25) is 5.95 Å². The van der Waals surface area contributed by atoms with E-state index in [0.29, 0.717) is 5.95 Å². The van der Waals surface area contributed by atoms with E-state index in [1.165, 1.54) is 5.69 Å². The van der Waals surface area contributed by atoms with Gasteiger partial charge in [0.1, 0.15) is 0 Å². The lowest BCUT2D eigenvalue weighted by molar-refractivity contribution is 0.710. The highest BCUT2D eigenvalue weighted by molar-refractivity contribution is 5.22. The molecule has 1 N–H and O–H groups in total. The van der Waals surface area contributed by atoms with Crippen molar-refractivity contribution in [3.63, 3.8) is 0 Å². The van der Waals surface area contributed by atoms with Gasteiger partial charge in [0.25, 0.3) is 0 Å². The zero-order chi connectivity index (χ0) is 10.5. The highest BCUT2D eigenvalue weighted by atomic mass is 15.3. The van der Waals surface area contributed by atoms with Crippen molar-refractivity contribution in [2.45, 2.75) is 6.42 Å². The fourth-order valence-corrected chi connectivity index (χ4v) is 1.34. The molecule has 2 aromatic rings. The molecule has 5 nitrogen and oxygen atoms in total. The van der Waals surface area contributed by atoms with Crippen LogP contribution in [0.5, 0.6) is 0 Å². The minimum Gasteiger partial charge on any atom is -0.354 e. The SMILES string of the molecule is Cn1nccc1CCNc1ncccn1. The van der Waals surface area contributed by atoms with Crippen LogP contribution in [0.25, 0.3) is 0 Å². The molecule has 0 bridgehead atoms. The van der Waals surface area contributed by atoms with E-state index in [-0.39, 0.29) is 0 Å². The van der Waals surface area contributed by atoms with Crippen LogP contribution in [-0.4, -0.2) is 26.3 Å². The number of hydrogen-bond acceptors (Lipinski definition) is 4. The fraction of sp³-hybridized carbons (Fsp3) is 0.300. The fourth-order valence-electron chi connectivity index (χ4n) is 1.34. The number of aromatic nitrogens is 4. The van der Waals surface area contributed by atoms with Crippen LogP contribution in [0.2, 0.25) is 0 Å². The van der Waals surface area contributed by atoms with Gasteiger partial charge in [0, 0.05) is 44.3 Å². The molecule has 0 amide bonds. The largest absolute Gasteiger partial charge is 0.354 e. The summed E-state index contributed by atoms with van der Waals surface area (Å²) in [5, 5.41) is 7.25. The second-order valence-electron chi connectivity index (χ2n) is 3.20. The third kappa shape index (κ3) is 2.52. The van der Waals surface area contributed by atoms with Crippen molar-refractivity contribution in [3.8, 4) is 0 Å². The van der Waals surface area contributed by atoms with Gasteiger partial charge in [-0.1, -0.05) is 0 Å². The van der Waals surface area contributed by atoms with E-state index in [1.807, 2.05) is 17.8 Å². The van der Waals surface area contributed by atoms with Crippen LogP contribution in [0.4, 0.5) is 5.95 Å². The summed E-state index contributed by atoms with van der Waals surface area (Å²) >= 11 is 0. The Hall–Kier alpha value is -1.91. The lowest BCUT2D eigenvalue weighted by Gasteiger charge is -2.04. The third-order valence-electron chi connectivity index (χ3n) is 2.15. The molecule has 0 spiro atoms. The van der Waals surface area contributed by atoms with Gasteiger partial charge in [-0.3, -0.25) is 4.68 Å². The van der Waals surface area contributed by atoms with Crippen LogP contribution in [-0.2, 0) is 13.5 Å². The Bertz CT molecular complexity index is 409. The summed E-state index contributed by atoms with van der Waals surface area (Å²) < 4.78 is 1.87. The standard InChI is InChI=1S/C10H13N5/c1-15-9(4-8-14-15)3-7-13-10-11-5-2-6-12-10/h2,4-6,8H,3,7H2,1H3,(H,11,12,13). The number of nitrogens with zero attached hydrogens (tertiary/aromatic N) is 4. The van der Waals surface area contributed by atoms with Crippen molar-refractivity contribution >= 4 is 5.95 Å². The van der Waals surface area contributed by atoms with Crippen molar-refractivity contribution < 1.29 is 0 Å². The van der Waals surface area contributed by atoms with Crippen LogP contribution in [0.15, 0.2) is 30.7 Å². The first-order chi connectivity index (χ1) is 7.36. The molecule has 0 aliphatic heterocycles. The summed E-state index contributed by atoms with van der Waals surface area (Å²) in [6, 6.07) is 3.81. The Labute approximate surface area is 88.2 Å². The molecule has 0 aliphatic rings. The Morgan fingerprint density at radius 1 is 1.27 bits per heavy atom. The molecule has 0 aliphatic carbocycles. The van der Waals surface area contributed by atoms with E-state index in [1.54, 1.807) is 24.7 Å². The maximum absolute atomic E-state index is 4.10. The maximum Gasteiger partial charge on any atom is 0.222 e. The van der Waals surface area contributed by atoms with Crippen LogP contribution in [0.1, 0.15) is 5.69 Å². The lowest BCUT2D eigenvalue weighted by Crippen LogP contribution is -2.09. The van der Waals surface area contributed by atoms with E-state index in [9.17, 15) is 0 Å². The van der Waals surface area contributed by atoms with Gasteiger partial charge in [-0.15, -0.1) is 0 Å². The normalized spacial score (nSPS) is 10.2. The topological polar surface area (TPSA) is 55.6 Å². The second-order valence-corrected chi connectivity index (χ2v) is 3.20. The van der Waals surface area contributed by atoms with E-state index in [0.717, 1.165) is 13.0 Å². The molecule has 0 saturated carbocycles. The molecule has 0 atom stereocenters. The first kappa shape index (κ1) is 9.64. The third-order valence-corrected chi connectivity index (χ3v) is 2.15. The quantitative estimate of drug-likeness (QED) is 0.801. The van der Waals surface area contributed by atoms with Gasteiger partial charge in [0.05, 0.1) is 0 Å². The first-order valence-electron chi connectivity index (χ1n) is 4.84. The lowest BCUT2D eigenvalue weighted by atomic mass is 10.3. The monoisotopic (exact) mass is 203 g/mol. The molecule has 2 aromatic heterocycles. The van der Waals surface area contributed by atoms with Gasteiger partial charge in [-0.2, -0.15) is 5.10 Å². The highest BCUT2D eigenvalue weighted by Crippen LogP contribution is 1.99. The van der Waals surface area contributed by atoms with Crippen molar-refractivity contribution in [1.29, 1.82) is 0 Å². The molecule has 0 saturated heterocycles. The summed E-state index contributed by atoms with van der Waals surface area (Å²) in [6.07, 6.45) is 6.15. The summed E-state index contributed by atoms with van der Waals surface area (Å²) in [6.45, 7) is 0.809. The second kappa shape index (κ2) is 4.54. The zero-order valence-corrected chi connectivity index (χ0v) is 8.59. The minimum absolute atomic E-state index is 0.666. The number of aryl methyl sites for hydroxylation is 1. The molecule has 5 heteroatoms. The van der Waals surface area contributed by atoms with Crippen LogP contribution >= 0.6 is 0 Å². The Kier molecular flexibility index (Phi) is 2.92. The van der Waals surface area contributed by atoms with Gasteiger partial charge in [-0.05, 0) is 12.1 Å². The summed E-state index contributed by atoms with van der Waals surface area (Å²) in [4.78, 5) is 8.15. The highest BCUT2D eigenvalue weighted by Gasteiger charge is 1.98. The van der Waals surface area contributed by atoms with Crippen molar-refractivity contribution in [1.82, 2.24) is 19.7 Å². The van der Waals surface area contributed by atoms with Crippen molar-refractivity contribution in [3.05, 3.63) is 36.4 Å². The van der Waals surface area contributed by atoms with Crippen LogP contribution in [0.3, 0.4) is 0 Å². The molecular formula is C10H13N5. The molecule has 0 fully saturated rings. The molecular weight excluding hydrogens is 190 g/mol. The Morgan fingerprint density at radius 2 is 2.07 bits per heavy atom. The van der Waals surface area contributed by atoms with Crippen LogP contribution < -0.4 is 5.32 Å². The number of rotatable bonds is 4.